The van der Waals surface area contributed by atoms with Crippen LogP contribution in [0.5, 0.6) is 0 Å². The maximum Gasteiger partial charge on any atom is 0.293 e. The van der Waals surface area contributed by atoms with Crippen molar-refractivity contribution in [3.05, 3.63) is 59.4 Å². The Bertz CT molecular complexity index is 731. The number of carbonyl (C=O) groups is 1. The van der Waals surface area contributed by atoms with Crippen LogP contribution in [-0.2, 0) is 11.2 Å². The minimum absolute atomic E-state index is 0.101. The summed E-state index contributed by atoms with van der Waals surface area (Å²) in [6.45, 7) is 5.95. The third kappa shape index (κ3) is 3.50. The lowest BCUT2D eigenvalue weighted by Gasteiger charge is -2.11. The van der Waals surface area contributed by atoms with Crippen molar-refractivity contribution in [1.82, 2.24) is 0 Å². The van der Waals surface area contributed by atoms with E-state index in [0.29, 0.717) is 11.3 Å². The van der Waals surface area contributed by atoms with E-state index >= 15 is 0 Å². The van der Waals surface area contributed by atoms with Crippen LogP contribution >= 0.6 is 0 Å². The molecule has 1 heterocycles. The Labute approximate surface area is 131 Å². The number of hydrogen-bond acceptors (Lipinski definition) is 2. The fourth-order valence-corrected chi connectivity index (χ4v) is 2.30. The summed E-state index contributed by atoms with van der Waals surface area (Å²) >= 11 is 0. The lowest BCUT2D eigenvalue weighted by molar-refractivity contribution is -0.711. The number of carbonyl (C=O) groups excluding carboxylic acids is 1. The quantitative estimate of drug-likeness (QED) is 0.881. The molecule has 0 spiro atoms. The van der Waals surface area contributed by atoms with Crippen LogP contribution in [0.4, 0.5) is 5.69 Å². The second-order valence-electron chi connectivity index (χ2n) is 5.30. The SMILES string of the molecule is CCc1ccc(C)[n+]([C@@H](C)C(=O)Nc2cccc(C#N)c2)c1. The number of nitriles is 1. The summed E-state index contributed by atoms with van der Waals surface area (Å²) in [5.74, 6) is -0.101. The van der Waals surface area contributed by atoms with Gasteiger partial charge < -0.3 is 5.32 Å². The average Bonchev–Trinajstić information content (AvgIpc) is 2.54. The number of rotatable bonds is 4. The van der Waals surface area contributed by atoms with E-state index in [1.807, 2.05) is 30.7 Å². The van der Waals surface area contributed by atoms with Gasteiger partial charge in [-0.25, -0.2) is 0 Å². The molecular formula is C18H20N3O+. The van der Waals surface area contributed by atoms with Gasteiger partial charge in [0.05, 0.1) is 11.6 Å². The van der Waals surface area contributed by atoms with Crippen LogP contribution in [-0.4, -0.2) is 5.91 Å². The van der Waals surface area contributed by atoms with Gasteiger partial charge in [-0.15, -0.1) is 0 Å². The molecule has 0 saturated carbocycles. The molecule has 0 unspecified atom stereocenters. The molecule has 0 aliphatic rings. The standard InChI is InChI=1S/C18H19N3O/c1-4-15-9-8-13(2)21(12-15)14(3)18(22)20-17-7-5-6-16(10-17)11-19/h5-10,12,14H,4H2,1-3H3/p+1/t14-/m0/s1. The molecule has 0 radical (unpaired) electrons. The van der Waals surface area contributed by atoms with Crippen LogP contribution < -0.4 is 9.88 Å². The maximum absolute atomic E-state index is 12.4. The summed E-state index contributed by atoms with van der Waals surface area (Å²) in [6, 6.07) is 12.8. The zero-order valence-corrected chi connectivity index (χ0v) is 13.1. The van der Waals surface area contributed by atoms with E-state index < -0.39 is 0 Å². The molecule has 0 aliphatic heterocycles. The lowest BCUT2D eigenvalue weighted by Crippen LogP contribution is -2.47. The third-order valence-electron chi connectivity index (χ3n) is 3.71. The molecule has 0 saturated heterocycles. The van der Waals surface area contributed by atoms with Gasteiger partial charge in [0.1, 0.15) is 0 Å². The molecule has 1 amide bonds. The number of anilines is 1. The van der Waals surface area contributed by atoms with E-state index in [1.54, 1.807) is 24.3 Å². The summed E-state index contributed by atoms with van der Waals surface area (Å²) < 4.78 is 1.97. The Morgan fingerprint density at radius 2 is 2.14 bits per heavy atom. The van der Waals surface area contributed by atoms with Crippen molar-refractivity contribution >= 4 is 11.6 Å². The van der Waals surface area contributed by atoms with E-state index in [9.17, 15) is 4.79 Å². The average molecular weight is 294 g/mol. The van der Waals surface area contributed by atoms with Crippen molar-refractivity contribution in [2.75, 3.05) is 5.32 Å². The molecule has 0 fully saturated rings. The number of hydrogen-bond donors (Lipinski definition) is 1. The summed E-state index contributed by atoms with van der Waals surface area (Å²) in [4.78, 5) is 12.4. The second kappa shape index (κ2) is 6.86. The molecule has 4 nitrogen and oxygen atoms in total. The van der Waals surface area contributed by atoms with Gasteiger partial charge in [0.25, 0.3) is 5.91 Å². The van der Waals surface area contributed by atoms with Crippen LogP contribution in [0.15, 0.2) is 42.6 Å². The van der Waals surface area contributed by atoms with Gasteiger partial charge in [0, 0.05) is 31.2 Å². The van der Waals surface area contributed by atoms with E-state index in [-0.39, 0.29) is 11.9 Å². The van der Waals surface area contributed by atoms with Crippen LogP contribution in [0, 0.1) is 18.3 Å². The largest absolute Gasteiger partial charge is 0.320 e. The van der Waals surface area contributed by atoms with Gasteiger partial charge in [-0.05, 0) is 30.7 Å². The van der Waals surface area contributed by atoms with Crippen LogP contribution in [0.3, 0.4) is 0 Å². The summed E-state index contributed by atoms with van der Waals surface area (Å²) in [5, 5.41) is 11.8. The van der Waals surface area contributed by atoms with Crippen LogP contribution in [0.2, 0.25) is 0 Å². The molecule has 1 atom stereocenters. The van der Waals surface area contributed by atoms with Gasteiger partial charge in [0.2, 0.25) is 6.04 Å². The van der Waals surface area contributed by atoms with Crippen molar-refractivity contribution in [1.29, 1.82) is 5.26 Å². The van der Waals surface area contributed by atoms with E-state index in [4.69, 9.17) is 5.26 Å². The van der Waals surface area contributed by atoms with Gasteiger partial charge in [-0.1, -0.05) is 13.0 Å². The number of amides is 1. The highest BCUT2D eigenvalue weighted by atomic mass is 16.2. The zero-order valence-electron chi connectivity index (χ0n) is 13.1. The Balaban J connectivity index is 2.20. The third-order valence-corrected chi connectivity index (χ3v) is 3.71. The van der Waals surface area contributed by atoms with E-state index in [2.05, 4.69) is 24.4 Å². The molecule has 2 aromatic rings. The summed E-state index contributed by atoms with van der Waals surface area (Å²) in [6.07, 6.45) is 2.95. The maximum atomic E-state index is 12.4. The number of aryl methyl sites for hydroxylation is 2. The highest BCUT2D eigenvalue weighted by Crippen LogP contribution is 2.12. The fourth-order valence-electron chi connectivity index (χ4n) is 2.30. The number of nitrogens with one attached hydrogen (secondary N) is 1. The first-order valence-electron chi connectivity index (χ1n) is 7.37. The molecule has 0 aliphatic carbocycles. The molecule has 1 aromatic heterocycles. The van der Waals surface area contributed by atoms with Gasteiger partial charge in [0.15, 0.2) is 11.9 Å². The van der Waals surface area contributed by atoms with Crippen molar-refractivity contribution < 1.29 is 9.36 Å². The number of benzene rings is 1. The zero-order chi connectivity index (χ0) is 16.1. The van der Waals surface area contributed by atoms with Crippen molar-refractivity contribution in [3.8, 4) is 6.07 Å². The van der Waals surface area contributed by atoms with E-state index in [0.717, 1.165) is 12.1 Å². The monoisotopic (exact) mass is 294 g/mol. The highest BCUT2D eigenvalue weighted by Gasteiger charge is 2.24. The van der Waals surface area contributed by atoms with Gasteiger partial charge >= 0.3 is 0 Å². The number of aromatic nitrogens is 1. The predicted octanol–water partition coefficient (Wildman–Crippen LogP) is 2.92. The first kappa shape index (κ1) is 15.7. The highest BCUT2D eigenvalue weighted by molar-refractivity contribution is 5.92. The van der Waals surface area contributed by atoms with Gasteiger partial charge in [-0.3, -0.25) is 4.79 Å². The smallest absolute Gasteiger partial charge is 0.293 e. The lowest BCUT2D eigenvalue weighted by atomic mass is 10.1. The molecule has 0 bridgehead atoms. The Morgan fingerprint density at radius 1 is 1.36 bits per heavy atom. The topological polar surface area (TPSA) is 56.8 Å². The second-order valence-corrected chi connectivity index (χ2v) is 5.30. The Kier molecular flexibility index (Phi) is 4.90. The molecule has 1 aromatic carbocycles. The summed E-state index contributed by atoms with van der Waals surface area (Å²) in [5.41, 5.74) is 3.39. The Hall–Kier alpha value is -2.67. The fraction of sp³-hybridized carbons (Fsp3) is 0.278. The molecule has 22 heavy (non-hydrogen) atoms. The molecule has 1 N–H and O–H groups in total. The predicted molar refractivity (Wildman–Crippen MR) is 85.2 cm³/mol. The minimum atomic E-state index is -0.322. The van der Waals surface area contributed by atoms with Crippen LogP contribution in [0.1, 0.15) is 36.7 Å². The minimum Gasteiger partial charge on any atom is -0.320 e. The number of pyridine rings is 1. The van der Waals surface area contributed by atoms with Crippen molar-refractivity contribution in [2.24, 2.45) is 0 Å². The first-order valence-corrected chi connectivity index (χ1v) is 7.37. The Morgan fingerprint density at radius 3 is 2.82 bits per heavy atom. The number of nitrogens with zero attached hydrogens (tertiary/aromatic N) is 2. The summed E-state index contributed by atoms with van der Waals surface area (Å²) in [7, 11) is 0. The van der Waals surface area contributed by atoms with Crippen LogP contribution in [0.25, 0.3) is 0 Å². The molecule has 2 rings (SSSR count). The van der Waals surface area contributed by atoms with E-state index in [1.165, 1.54) is 5.56 Å². The van der Waals surface area contributed by atoms with Crippen molar-refractivity contribution in [2.45, 2.75) is 33.2 Å². The molecular weight excluding hydrogens is 274 g/mol. The molecule has 112 valence electrons. The normalized spacial score (nSPS) is 11.5. The first-order chi connectivity index (χ1) is 10.5. The van der Waals surface area contributed by atoms with Gasteiger partial charge in [-0.2, -0.15) is 9.83 Å². The molecule has 4 heteroatoms. The van der Waals surface area contributed by atoms with Crippen molar-refractivity contribution in [3.63, 3.8) is 0 Å².